The molecule has 0 aromatic heterocycles. The molecule has 0 aromatic rings. The second kappa shape index (κ2) is 26.4. The number of carbonyl (C=O) groups is 2. The first-order valence-electron chi connectivity index (χ1n) is 14.0. The number of esters is 2. The summed E-state index contributed by atoms with van der Waals surface area (Å²) < 4.78 is 21.6. The summed E-state index contributed by atoms with van der Waals surface area (Å²) in [7, 11) is 1.49. The highest BCUT2D eigenvalue weighted by Gasteiger charge is 2.27. The van der Waals surface area contributed by atoms with E-state index in [1.165, 1.54) is 44.9 Å². The van der Waals surface area contributed by atoms with Gasteiger partial charge < -0.3 is 18.3 Å². The van der Waals surface area contributed by atoms with Gasteiger partial charge >= 0.3 is 20.5 Å². The van der Waals surface area contributed by atoms with E-state index in [0.717, 1.165) is 61.2 Å². The number of rotatable bonds is 27. The van der Waals surface area contributed by atoms with Crippen LogP contribution in [0, 0.1) is 0 Å². The zero-order chi connectivity index (χ0) is 26.7. The third-order valence-corrected chi connectivity index (χ3v) is 11.3. The van der Waals surface area contributed by atoms with Gasteiger partial charge in [0.25, 0.3) is 0 Å². The summed E-state index contributed by atoms with van der Waals surface area (Å²) in [6.45, 7) is 5.38. The minimum Gasteiger partial charge on any atom is -0.466 e. The third-order valence-electron chi connectivity index (χ3n) is 6.14. The Hall–Kier alpha value is -0.223. The van der Waals surface area contributed by atoms with E-state index in [2.05, 4.69) is 13.5 Å². The molecule has 9 heteroatoms. The van der Waals surface area contributed by atoms with Crippen molar-refractivity contribution < 1.29 is 27.9 Å². The fourth-order valence-corrected chi connectivity index (χ4v) is 7.02. The maximum atomic E-state index is 11.8. The molecule has 0 saturated heterocycles. The van der Waals surface area contributed by atoms with Gasteiger partial charge in [0, 0.05) is 25.7 Å². The van der Waals surface area contributed by atoms with Crippen LogP contribution in [0.2, 0.25) is 12.6 Å². The zero-order valence-electron chi connectivity index (χ0n) is 23.6. The van der Waals surface area contributed by atoms with E-state index >= 15 is 0 Å². The lowest BCUT2D eigenvalue weighted by Gasteiger charge is -2.22. The first kappa shape index (κ1) is 35.8. The number of ether oxygens (including phenoxy) is 2. The van der Waals surface area contributed by atoms with E-state index in [-0.39, 0.29) is 11.9 Å². The van der Waals surface area contributed by atoms with Crippen LogP contribution in [-0.4, -0.2) is 70.9 Å². The lowest BCUT2D eigenvalue weighted by Crippen LogP contribution is -2.35. The molecule has 6 nitrogen and oxygen atoms in total. The average Bonchev–Trinajstić information content (AvgIpc) is 2.88. The van der Waals surface area contributed by atoms with Crippen LogP contribution >= 0.6 is 23.5 Å². The molecule has 0 unspecified atom stereocenters. The zero-order valence-corrected chi connectivity index (χ0v) is 26.2. The quantitative estimate of drug-likeness (QED) is 0.0579. The van der Waals surface area contributed by atoms with Crippen LogP contribution < -0.4 is 0 Å². The Morgan fingerprint density at radius 3 is 1.44 bits per heavy atom. The highest BCUT2D eigenvalue weighted by molar-refractivity contribution is 7.99. The number of unbranched alkanes of at least 4 members (excludes halogenated alkanes) is 9. The Kier molecular flexibility index (Phi) is 26.2. The van der Waals surface area contributed by atoms with Crippen molar-refractivity contribution in [1.82, 2.24) is 0 Å². The van der Waals surface area contributed by atoms with Crippen LogP contribution in [0.1, 0.15) is 96.8 Å². The Morgan fingerprint density at radius 1 is 0.611 bits per heavy atom. The van der Waals surface area contributed by atoms with Crippen LogP contribution in [0.5, 0.6) is 0 Å². The molecule has 0 aliphatic heterocycles. The first-order valence-corrected chi connectivity index (χ1v) is 18.9. The summed E-state index contributed by atoms with van der Waals surface area (Å²) in [6.07, 6.45) is 14.8. The molecule has 0 aliphatic carbocycles. The van der Waals surface area contributed by atoms with E-state index in [4.69, 9.17) is 18.3 Å². The fourth-order valence-electron chi connectivity index (χ4n) is 3.50. The van der Waals surface area contributed by atoms with Gasteiger partial charge in [-0.15, -0.1) is 0 Å². The van der Waals surface area contributed by atoms with Crippen LogP contribution in [0.25, 0.3) is 0 Å². The Balaban J connectivity index is 3.30. The number of hydrogen-bond donors (Lipinski definition) is 0. The molecule has 0 atom stereocenters. The number of hydrogen-bond acceptors (Lipinski definition) is 8. The second-order valence-electron chi connectivity index (χ2n) is 9.35. The maximum absolute atomic E-state index is 11.8. The van der Waals surface area contributed by atoms with Gasteiger partial charge in [-0.25, -0.2) is 0 Å². The Morgan fingerprint density at radius 2 is 1.03 bits per heavy atom. The Bertz CT molecular complexity index is 520. The first-order chi connectivity index (χ1) is 17.5. The van der Waals surface area contributed by atoms with Crippen molar-refractivity contribution in [3.63, 3.8) is 0 Å². The standard InChI is InChI=1S/C27H54O6S2Si/c1-5-6-21-34-23-17-26(28)32-19-14-12-10-8-7-9-11-13-15-20-33-27(29)18-24-35-22-16-25-36(4,30-2)31-3/h5-25H2,1-4H3. The van der Waals surface area contributed by atoms with E-state index in [0.29, 0.717) is 26.1 Å². The van der Waals surface area contributed by atoms with E-state index < -0.39 is 8.56 Å². The van der Waals surface area contributed by atoms with Gasteiger partial charge in [0.05, 0.1) is 26.1 Å². The highest BCUT2D eigenvalue weighted by Crippen LogP contribution is 2.17. The van der Waals surface area contributed by atoms with Crippen molar-refractivity contribution >= 4 is 44.0 Å². The maximum Gasteiger partial charge on any atom is 0.334 e. The molecule has 0 radical (unpaired) electrons. The largest absolute Gasteiger partial charge is 0.466 e. The van der Waals surface area contributed by atoms with Crippen molar-refractivity contribution in [2.45, 2.75) is 109 Å². The van der Waals surface area contributed by atoms with Crippen molar-refractivity contribution in [2.24, 2.45) is 0 Å². The molecule has 0 fully saturated rings. The fraction of sp³-hybridized carbons (Fsp3) is 0.926. The minimum atomic E-state index is -1.95. The van der Waals surface area contributed by atoms with Crippen LogP contribution in [-0.2, 0) is 27.9 Å². The monoisotopic (exact) mass is 566 g/mol. The summed E-state index contributed by atoms with van der Waals surface area (Å²) in [4.78, 5) is 23.5. The van der Waals surface area contributed by atoms with Crippen molar-refractivity contribution in [2.75, 3.05) is 50.4 Å². The second-order valence-corrected chi connectivity index (χ2v) is 15.4. The summed E-state index contributed by atoms with van der Waals surface area (Å²) in [5, 5.41) is 0. The van der Waals surface area contributed by atoms with Gasteiger partial charge in [-0.3, -0.25) is 9.59 Å². The molecule has 0 saturated carbocycles. The molecular weight excluding hydrogens is 513 g/mol. The van der Waals surface area contributed by atoms with Gasteiger partial charge in [0.1, 0.15) is 0 Å². The van der Waals surface area contributed by atoms with Crippen LogP contribution in [0.4, 0.5) is 0 Å². The van der Waals surface area contributed by atoms with E-state index in [9.17, 15) is 9.59 Å². The van der Waals surface area contributed by atoms with Gasteiger partial charge in [-0.05, 0) is 49.8 Å². The van der Waals surface area contributed by atoms with Gasteiger partial charge in [-0.1, -0.05) is 58.3 Å². The van der Waals surface area contributed by atoms with Crippen molar-refractivity contribution in [1.29, 1.82) is 0 Å². The SMILES string of the molecule is CCCCSCCC(=O)OCCCCCCCCCCCOC(=O)CCSCCC[Si](C)(OC)OC. The van der Waals surface area contributed by atoms with Gasteiger partial charge in [0.15, 0.2) is 0 Å². The normalized spacial score (nSPS) is 11.6. The Labute approximate surface area is 231 Å². The molecule has 0 heterocycles. The summed E-state index contributed by atoms with van der Waals surface area (Å²) in [6, 6.07) is 0.980. The number of thioether (sulfide) groups is 2. The van der Waals surface area contributed by atoms with E-state index in [1.54, 1.807) is 26.0 Å². The van der Waals surface area contributed by atoms with Crippen LogP contribution in [0.15, 0.2) is 0 Å². The lowest BCUT2D eigenvalue weighted by molar-refractivity contribution is -0.144. The molecular formula is C27H54O6S2Si. The molecule has 214 valence electrons. The third kappa shape index (κ3) is 24.1. The summed E-state index contributed by atoms with van der Waals surface area (Å²) in [5.41, 5.74) is 0. The van der Waals surface area contributed by atoms with Crippen molar-refractivity contribution in [3.8, 4) is 0 Å². The molecule has 0 aromatic carbocycles. The molecule has 0 amide bonds. The molecule has 0 aliphatic rings. The predicted octanol–water partition coefficient (Wildman–Crippen LogP) is 7.39. The number of carbonyl (C=O) groups excluding carboxylic acids is 2. The molecule has 0 spiro atoms. The summed E-state index contributed by atoms with van der Waals surface area (Å²) >= 11 is 3.64. The van der Waals surface area contributed by atoms with E-state index in [1.807, 2.05) is 11.8 Å². The highest BCUT2D eigenvalue weighted by atomic mass is 32.2. The predicted molar refractivity (Wildman–Crippen MR) is 157 cm³/mol. The summed E-state index contributed by atoms with van der Waals surface area (Å²) in [5.74, 6) is 3.74. The molecule has 0 rings (SSSR count). The minimum absolute atomic E-state index is 0.0472. The average molecular weight is 567 g/mol. The van der Waals surface area contributed by atoms with Crippen LogP contribution in [0.3, 0.4) is 0 Å². The van der Waals surface area contributed by atoms with Gasteiger partial charge in [-0.2, -0.15) is 23.5 Å². The smallest absolute Gasteiger partial charge is 0.334 e. The molecule has 0 bridgehead atoms. The molecule has 0 N–H and O–H groups in total. The lowest BCUT2D eigenvalue weighted by atomic mass is 10.1. The molecule has 36 heavy (non-hydrogen) atoms. The van der Waals surface area contributed by atoms with Crippen molar-refractivity contribution in [3.05, 3.63) is 0 Å². The van der Waals surface area contributed by atoms with Gasteiger partial charge in [0.2, 0.25) is 0 Å². The topological polar surface area (TPSA) is 71.1 Å².